The molecule has 0 aliphatic carbocycles. The minimum absolute atomic E-state index is 0.0664. The van der Waals surface area contributed by atoms with Gasteiger partial charge in [-0.2, -0.15) is 0 Å². The van der Waals surface area contributed by atoms with Gasteiger partial charge in [0.15, 0.2) is 0 Å². The van der Waals surface area contributed by atoms with Crippen LogP contribution >= 0.6 is 0 Å². The Balaban J connectivity index is 1.28. The molecular formula is C33H41FN6O2. The van der Waals surface area contributed by atoms with Crippen LogP contribution < -0.4 is 15.4 Å². The van der Waals surface area contributed by atoms with E-state index in [0.29, 0.717) is 52.8 Å². The third-order valence-corrected chi connectivity index (χ3v) is 8.28. The van der Waals surface area contributed by atoms with Gasteiger partial charge in [0.05, 0.1) is 23.3 Å². The largest absolute Gasteiger partial charge is 0.457 e. The number of rotatable bonds is 9. The second-order valence-electron chi connectivity index (χ2n) is 12.4. The second-order valence-corrected chi connectivity index (χ2v) is 12.4. The molecule has 42 heavy (non-hydrogen) atoms. The first-order chi connectivity index (χ1) is 20.0. The molecule has 4 aromatic rings. The second kappa shape index (κ2) is 12.1. The predicted molar refractivity (Wildman–Crippen MR) is 166 cm³/mol. The molecule has 2 atom stereocenters. The molecule has 1 amide bonds. The molecule has 0 bridgehead atoms. The molecule has 2 unspecified atom stereocenters. The maximum absolute atomic E-state index is 14.7. The van der Waals surface area contributed by atoms with E-state index in [1.54, 1.807) is 18.3 Å². The van der Waals surface area contributed by atoms with Crippen molar-refractivity contribution in [3.8, 4) is 11.5 Å². The number of amides is 1. The number of hydrogen-bond acceptors (Lipinski definition) is 6. The summed E-state index contributed by atoms with van der Waals surface area (Å²) in [4.78, 5) is 23.9. The average Bonchev–Trinajstić information content (AvgIpc) is 3.23. The smallest absolute Gasteiger partial charge is 0.239 e. The third-order valence-electron chi connectivity index (χ3n) is 8.28. The van der Waals surface area contributed by atoms with Gasteiger partial charge in [0.1, 0.15) is 23.1 Å². The Morgan fingerprint density at radius 2 is 1.81 bits per heavy atom. The van der Waals surface area contributed by atoms with Gasteiger partial charge in [0.25, 0.3) is 0 Å². The van der Waals surface area contributed by atoms with Crippen molar-refractivity contribution in [3.05, 3.63) is 66.1 Å². The number of aromatic nitrogens is 3. The van der Waals surface area contributed by atoms with Gasteiger partial charge in [-0.3, -0.25) is 9.69 Å². The van der Waals surface area contributed by atoms with Gasteiger partial charge in [-0.25, -0.2) is 14.4 Å². The van der Waals surface area contributed by atoms with E-state index in [4.69, 9.17) is 9.72 Å². The number of aryl methyl sites for hydroxylation is 1. The number of ether oxygens (including phenoxy) is 1. The van der Waals surface area contributed by atoms with Gasteiger partial charge in [-0.1, -0.05) is 40.7 Å². The first kappa shape index (κ1) is 29.5. The van der Waals surface area contributed by atoms with Gasteiger partial charge >= 0.3 is 0 Å². The van der Waals surface area contributed by atoms with E-state index in [-0.39, 0.29) is 17.1 Å². The van der Waals surface area contributed by atoms with Gasteiger partial charge in [0, 0.05) is 38.5 Å². The standard InChI is InChI=1S/C33H41FN6O2/c1-7-33(4,5)23-8-10-26(34)27(15-23)36-32-37-28-16-24(9-11-29(28)39(32)6)42-25-12-13-35-30(17-25)38-31(41)20-40-18-21(2)14-22(3)19-40/h8-13,15-17,21-22H,7,14,18-20H2,1-6H3,(H,36,37)(H,35,38,41). The minimum Gasteiger partial charge on any atom is -0.457 e. The molecule has 2 N–H and O–H groups in total. The van der Waals surface area contributed by atoms with Crippen molar-refractivity contribution >= 4 is 34.4 Å². The van der Waals surface area contributed by atoms with Crippen LogP contribution in [0, 0.1) is 17.7 Å². The fraction of sp³-hybridized carbons (Fsp3) is 0.424. The zero-order valence-electron chi connectivity index (χ0n) is 25.4. The molecular weight excluding hydrogens is 531 g/mol. The Bertz CT molecular complexity index is 1570. The van der Waals surface area contributed by atoms with E-state index in [1.807, 2.05) is 41.9 Å². The van der Waals surface area contributed by atoms with E-state index in [1.165, 1.54) is 12.5 Å². The number of fused-ring (bicyclic) bond motifs is 1. The summed E-state index contributed by atoms with van der Waals surface area (Å²) < 4.78 is 22.7. The summed E-state index contributed by atoms with van der Waals surface area (Å²) in [5.41, 5.74) is 2.96. The van der Waals surface area contributed by atoms with Gasteiger partial charge in [-0.15, -0.1) is 0 Å². The molecule has 1 saturated heterocycles. The quantitative estimate of drug-likeness (QED) is 0.220. The molecule has 0 saturated carbocycles. The summed E-state index contributed by atoms with van der Waals surface area (Å²) >= 11 is 0. The minimum atomic E-state index is -0.331. The molecule has 9 heteroatoms. The molecule has 1 aliphatic heterocycles. The highest BCUT2D eigenvalue weighted by Crippen LogP contribution is 2.32. The Hall–Kier alpha value is -3.98. The molecule has 5 rings (SSSR count). The van der Waals surface area contributed by atoms with E-state index in [2.05, 4.69) is 55.1 Å². The molecule has 0 radical (unpaired) electrons. The highest BCUT2D eigenvalue weighted by molar-refractivity contribution is 5.91. The predicted octanol–water partition coefficient (Wildman–Crippen LogP) is 7.25. The summed E-state index contributed by atoms with van der Waals surface area (Å²) in [6.45, 7) is 13.1. The highest BCUT2D eigenvalue weighted by Gasteiger charge is 2.24. The van der Waals surface area contributed by atoms with Crippen LogP contribution in [-0.4, -0.2) is 45.0 Å². The zero-order chi connectivity index (χ0) is 30.0. The number of piperidine rings is 1. The monoisotopic (exact) mass is 572 g/mol. The van der Waals surface area contributed by atoms with Crippen LogP contribution in [0.2, 0.25) is 0 Å². The summed E-state index contributed by atoms with van der Waals surface area (Å²) in [6, 6.07) is 14.3. The fourth-order valence-electron chi connectivity index (χ4n) is 5.71. The topological polar surface area (TPSA) is 84.3 Å². The maximum Gasteiger partial charge on any atom is 0.239 e. The third kappa shape index (κ3) is 6.73. The number of imidazole rings is 1. The Morgan fingerprint density at radius 3 is 2.55 bits per heavy atom. The van der Waals surface area contributed by atoms with E-state index < -0.39 is 0 Å². The van der Waals surface area contributed by atoms with Crippen molar-refractivity contribution in [2.75, 3.05) is 30.3 Å². The van der Waals surface area contributed by atoms with Gasteiger partial charge < -0.3 is 19.9 Å². The van der Waals surface area contributed by atoms with Crippen molar-refractivity contribution in [1.29, 1.82) is 0 Å². The van der Waals surface area contributed by atoms with Crippen LogP contribution in [0.3, 0.4) is 0 Å². The fourth-order valence-corrected chi connectivity index (χ4v) is 5.71. The number of pyridine rings is 1. The van der Waals surface area contributed by atoms with E-state index >= 15 is 0 Å². The average molecular weight is 573 g/mol. The summed E-state index contributed by atoms with van der Waals surface area (Å²) in [5, 5.41) is 6.08. The molecule has 8 nitrogen and oxygen atoms in total. The molecule has 3 heterocycles. The number of benzene rings is 2. The van der Waals surface area contributed by atoms with Crippen molar-refractivity contribution in [2.45, 2.75) is 52.9 Å². The van der Waals surface area contributed by atoms with Gasteiger partial charge in [0.2, 0.25) is 11.9 Å². The Labute approximate surface area is 247 Å². The van der Waals surface area contributed by atoms with Crippen LogP contribution in [0.5, 0.6) is 11.5 Å². The summed E-state index contributed by atoms with van der Waals surface area (Å²) in [7, 11) is 1.89. The van der Waals surface area contributed by atoms with Crippen molar-refractivity contribution in [2.24, 2.45) is 18.9 Å². The zero-order valence-corrected chi connectivity index (χ0v) is 25.4. The van der Waals surface area contributed by atoms with Crippen LogP contribution in [0.1, 0.15) is 53.0 Å². The van der Waals surface area contributed by atoms with Crippen LogP contribution in [0.15, 0.2) is 54.7 Å². The normalized spacial score (nSPS) is 17.8. The first-order valence-electron chi connectivity index (χ1n) is 14.7. The van der Waals surface area contributed by atoms with Crippen LogP contribution in [0.25, 0.3) is 11.0 Å². The molecule has 2 aromatic carbocycles. The number of carbonyl (C=O) groups excluding carboxylic acids is 1. The summed E-state index contributed by atoms with van der Waals surface area (Å²) in [5.74, 6) is 2.86. The first-order valence-corrected chi connectivity index (χ1v) is 14.7. The number of hydrogen-bond donors (Lipinski definition) is 2. The van der Waals surface area contributed by atoms with Crippen LogP contribution in [-0.2, 0) is 17.3 Å². The molecule has 1 aliphatic rings. The lowest BCUT2D eigenvalue weighted by molar-refractivity contribution is -0.117. The molecule has 222 valence electrons. The highest BCUT2D eigenvalue weighted by atomic mass is 19.1. The lowest BCUT2D eigenvalue weighted by Crippen LogP contribution is -2.42. The van der Waals surface area contributed by atoms with Crippen molar-refractivity contribution < 1.29 is 13.9 Å². The van der Waals surface area contributed by atoms with Crippen LogP contribution in [0.4, 0.5) is 21.8 Å². The van der Waals surface area contributed by atoms with Crippen molar-refractivity contribution in [1.82, 2.24) is 19.4 Å². The number of anilines is 3. The summed E-state index contributed by atoms with van der Waals surface area (Å²) in [6.07, 6.45) is 3.75. The molecule has 2 aromatic heterocycles. The SMILES string of the molecule is CCC(C)(C)c1ccc(F)c(Nc2nc3cc(Oc4ccnc(NC(=O)CN5CC(C)CC(C)C5)c4)ccc3n2C)c1. The van der Waals surface area contributed by atoms with E-state index in [0.717, 1.165) is 30.6 Å². The number of carbonyl (C=O) groups is 1. The Morgan fingerprint density at radius 1 is 1.07 bits per heavy atom. The molecule has 1 fully saturated rings. The lowest BCUT2D eigenvalue weighted by Gasteiger charge is -2.34. The number of nitrogens with zero attached hydrogens (tertiary/aromatic N) is 4. The maximum atomic E-state index is 14.7. The lowest BCUT2D eigenvalue weighted by atomic mass is 9.82. The van der Waals surface area contributed by atoms with Gasteiger partial charge in [-0.05, 0) is 66.0 Å². The number of halogens is 1. The van der Waals surface area contributed by atoms with Crippen molar-refractivity contribution in [3.63, 3.8) is 0 Å². The number of likely N-dealkylation sites (tertiary alicyclic amines) is 1. The number of nitrogens with one attached hydrogen (secondary N) is 2. The Kier molecular flexibility index (Phi) is 8.50. The van der Waals surface area contributed by atoms with E-state index in [9.17, 15) is 9.18 Å². The molecule has 0 spiro atoms.